The van der Waals surface area contributed by atoms with Crippen LogP contribution in [-0.2, 0) is 11.3 Å². The third-order valence-corrected chi connectivity index (χ3v) is 2.93. The molecule has 0 saturated heterocycles. The maximum atomic E-state index is 5.84. The molecule has 17 heavy (non-hydrogen) atoms. The van der Waals surface area contributed by atoms with E-state index in [0.29, 0.717) is 0 Å². The molecule has 0 aliphatic rings. The molecule has 0 aliphatic heterocycles. The van der Waals surface area contributed by atoms with Gasteiger partial charge >= 0.3 is 0 Å². The van der Waals surface area contributed by atoms with Crippen LogP contribution in [0, 0.1) is 0 Å². The van der Waals surface area contributed by atoms with Crippen molar-refractivity contribution in [3.8, 4) is 0 Å². The van der Waals surface area contributed by atoms with Gasteiger partial charge in [0.15, 0.2) is 0 Å². The highest BCUT2D eigenvalue weighted by atomic mass is 16.5. The summed E-state index contributed by atoms with van der Waals surface area (Å²) in [5, 5.41) is 7.82. The SMILES string of the molecule is CCNC(c1cnn(CC)c1)C(C)(C)OCC. The van der Waals surface area contributed by atoms with Crippen LogP contribution in [0.4, 0.5) is 0 Å². The summed E-state index contributed by atoms with van der Waals surface area (Å²) < 4.78 is 7.79. The molecule has 98 valence electrons. The number of hydrogen-bond acceptors (Lipinski definition) is 3. The van der Waals surface area contributed by atoms with Crippen LogP contribution in [0.15, 0.2) is 12.4 Å². The van der Waals surface area contributed by atoms with Crippen molar-refractivity contribution in [3.63, 3.8) is 0 Å². The second kappa shape index (κ2) is 6.17. The summed E-state index contributed by atoms with van der Waals surface area (Å²) >= 11 is 0. The maximum absolute atomic E-state index is 5.84. The van der Waals surface area contributed by atoms with Crippen LogP contribution in [0.25, 0.3) is 0 Å². The number of rotatable bonds is 7. The molecule has 0 saturated carbocycles. The third-order valence-electron chi connectivity index (χ3n) is 2.93. The lowest BCUT2D eigenvalue weighted by atomic mass is 9.93. The summed E-state index contributed by atoms with van der Waals surface area (Å²) in [5.74, 6) is 0. The van der Waals surface area contributed by atoms with Gasteiger partial charge in [0.25, 0.3) is 0 Å². The highest BCUT2D eigenvalue weighted by Crippen LogP contribution is 2.28. The number of nitrogens with zero attached hydrogens (tertiary/aromatic N) is 2. The van der Waals surface area contributed by atoms with E-state index in [1.807, 2.05) is 17.8 Å². The monoisotopic (exact) mass is 239 g/mol. The Morgan fingerprint density at radius 3 is 2.59 bits per heavy atom. The van der Waals surface area contributed by atoms with Gasteiger partial charge in [0.05, 0.1) is 17.8 Å². The van der Waals surface area contributed by atoms with Gasteiger partial charge in [0, 0.05) is 24.9 Å². The number of likely N-dealkylation sites (N-methyl/N-ethyl adjacent to an activating group) is 1. The Balaban J connectivity index is 2.91. The molecule has 0 aliphatic carbocycles. The molecule has 1 unspecified atom stereocenters. The largest absolute Gasteiger partial charge is 0.374 e. The minimum atomic E-state index is -0.230. The smallest absolute Gasteiger partial charge is 0.0821 e. The Labute approximate surface area is 104 Å². The normalized spacial score (nSPS) is 13.9. The van der Waals surface area contributed by atoms with E-state index in [1.165, 1.54) is 5.56 Å². The zero-order chi connectivity index (χ0) is 12.9. The quantitative estimate of drug-likeness (QED) is 0.794. The average Bonchev–Trinajstić information content (AvgIpc) is 2.73. The highest BCUT2D eigenvalue weighted by Gasteiger charge is 2.31. The number of aryl methyl sites for hydroxylation is 1. The maximum Gasteiger partial charge on any atom is 0.0821 e. The minimum Gasteiger partial charge on any atom is -0.374 e. The molecule has 1 aromatic rings. The van der Waals surface area contributed by atoms with Gasteiger partial charge in [-0.05, 0) is 34.2 Å². The fourth-order valence-corrected chi connectivity index (χ4v) is 2.13. The van der Waals surface area contributed by atoms with Crippen LogP contribution in [0.3, 0.4) is 0 Å². The fraction of sp³-hybridized carbons (Fsp3) is 0.769. The summed E-state index contributed by atoms with van der Waals surface area (Å²) in [6, 6.07) is 0.174. The Morgan fingerprint density at radius 1 is 1.41 bits per heavy atom. The summed E-state index contributed by atoms with van der Waals surface area (Å²) in [6.45, 7) is 13.0. The summed E-state index contributed by atoms with van der Waals surface area (Å²) in [5.41, 5.74) is 0.957. The van der Waals surface area contributed by atoms with Crippen molar-refractivity contribution in [3.05, 3.63) is 18.0 Å². The van der Waals surface area contributed by atoms with Crippen molar-refractivity contribution in [1.29, 1.82) is 0 Å². The van der Waals surface area contributed by atoms with E-state index in [1.54, 1.807) is 0 Å². The summed E-state index contributed by atoms with van der Waals surface area (Å²) in [7, 11) is 0. The van der Waals surface area contributed by atoms with E-state index in [-0.39, 0.29) is 11.6 Å². The molecule has 4 heteroatoms. The topological polar surface area (TPSA) is 39.1 Å². The standard InChI is InChI=1S/C13H25N3O/c1-6-14-12(13(4,5)17-8-3)11-9-15-16(7-2)10-11/h9-10,12,14H,6-8H2,1-5H3. The van der Waals surface area contributed by atoms with E-state index < -0.39 is 0 Å². The van der Waals surface area contributed by atoms with Crippen molar-refractivity contribution < 1.29 is 4.74 Å². The predicted octanol–water partition coefficient (Wildman–Crippen LogP) is 2.37. The van der Waals surface area contributed by atoms with Gasteiger partial charge in [0.1, 0.15) is 0 Å². The Hall–Kier alpha value is -0.870. The zero-order valence-electron chi connectivity index (χ0n) is 11.7. The van der Waals surface area contributed by atoms with Crippen LogP contribution in [0.2, 0.25) is 0 Å². The highest BCUT2D eigenvalue weighted by molar-refractivity contribution is 5.15. The Bertz CT molecular complexity index is 333. The minimum absolute atomic E-state index is 0.174. The van der Waals surface area contributed by atoms with Crippen LogP contribution < -0.4 is 5.32 Å². The zero-order valence-corrected chi connectivity index (χ0v) is 11.7. The molecule has 0 fully saturated rings. The molecule has 1 atom stereocenters. The molecular formula is C13H25N3O. The molecule has 4 nitrogen and oxygen atoms in total. The first kappa shape index (κ1) is 14.2. The molecule has 1 heterocycles. The van der Waals surface area contributed by atoms with E-state index in [0.717, 1.165) is 19.7 Å². The van der Waals surface area contributed by atoms with Gasteiger partial charge < -0.3 is 10.1 Å². The van der Waals surface area contributed by atoms with E-state index >= 15 is 0 Å². The van der Waals surface area contributed by atoms with Crippen LogP contribution in [0.5, 0.6) is 0 Å². The first-order valence-corrected chi connectivity index (χ1v) is 6.44. The first-order chi connectivity index (χ1) is 8.05. The second-order valence-electron chi connectivity index (χ2n) is 4.66. The molecule has 1 rings (SSSR count). The van der Waals surface area contributed by atoms with Crippen LogP contribution in [-0.4, -0.2) is 28.5 Å². The molecule has 1 aromatic heterocycles. The fourth-order valence-electron chi connectivity index (χ4n) is 2.13. The molecule has 0 radical (unpaired) electrons. The van der Waals surface area contributed by atoms with Crippen molar-refractivity contribution in [2.24, 2.45) is 0 Å². The lowest BCUT2D eigenvalue weighted by molar-refractivity contribution is -0.0388. The molecule has 0 amide bonds. The molecule has 1 N–H and O–H groups in total. The molecule has 0 spiro atoms. The summed E-state index contributed by atoms with van der Waals surface area (Å²) in [4.78, 5) is 0. The average molecular weight is 239 g/mol. The van der Waals surface area contributed by atoms with E-state index in [2.05, 4.69) is 44.3 Å². The van der Waals surface area contributed by atoms with Gasteiger partial charge in [-0.1, -0.05) is 6.92 Å². The van der Waals surface area contributed by atoms with Crippen molar-refractivity contribution in [2.45, 2.75) is 52.8 Å². The van der Waals surface area contributed by atoms with Gasteiger partial charge in [-0.25, -0.2) is 0 Å². The summed E-state index contributed by atoms with van der Waals surface area (Å²) in [6.07, 6.45) is 4.02. The molecule has 0 aromatic carbocycles. The second-order valence-corrected chi connectivity index (χ2v) is 4.66. The Morgan fingerprint density at radius 2 is 2.12 bits per heavy atom. The van der Waals surface area contributed by atoms with Gasteiger partial charge in [-0.3, -0.25) is 4.68 Å². The van der Waals surface area contributed by atoms with Crippen LogP contribution in [0.1, 0.15) is 46.2 Å². The number of ether oxygens (including phenoxy) is 1. The van der Waals surface area contributed by atoms with Crippen LogP contribution >= 0.6 is 0 Å². The van der Waals surface area contributed by atoms with Crippen molar-refractivity contribution >= 4 is 0 Å². The van der Waals surface area contributed by atoms with E-state index in [4.69, 9.17) is 4.74 Å². The number of nitrogens with one attached hydrogen (secondary N) is 1. The third kappa shape index (κ3) is 3.54. The van der Waals surface area contributed by atoms with Crippen molar-refractivity contribution in [2.75, 3.05) is 13.2 Å². The lowest BCUT2D eigenvalue weighted by Gasteiger charge is -2.34. The molecule has 0 bridgehead atoms. The van der Waals surface area contributed by atoms with Crippen molar-refractivity contribution in [1.82, 2.24) is 15.1 Å². The van der Waals surface area contributed by atoms with Gasteiger partial charge in [0.2, 0.25) is 0 Å². The number of aromatic nitrogens is 2. The number of hydrogen-bond donors (Lipinski definition) is 1. The van der Waals surface area contributed by atoms with Gasteiger partial charge in [-0.2, -0.15) is 5.10 Å². The van der Waals surface area contributed by atoms with Gasteiger partial charge in [-0.15, -0.1) is 0 Å². The lowest BCUT2D eigenvalue weighted by Crippen LogP contribution is -2.41. The molecular weight excluding hydrogens is 214 g/mol. The first-order valence-electron chi connectivity index (χ1n) is 6.44. The van der Waals surface area contributed by atoms with E-state index in [9.17, 15) is 0 Å². The predicted molar refractivity (Wildman–Crippen MR) is 70.0 cm³/mol. The Kier molecular flexibility index (Phi) is 5.15.